The molecule has 1 aliphatic rings. The first kappa shape index (κ1) is 10.7. The van der Waals surface area contributed by atoms with Crippen molar-refractivity contribution >= 4 is 0 Å². The van der Waals surface area contributed by atoms with Gasteiger partial charge >= 0.3 is 0 Å². The summed E-state index contributed by atoms with van der Waals surface area (Å²) in [5.41, 5.74) is 9.47. The zero-order chi connectivity index (χ0) is 11.2. The summed E-state index contributed by atoms with van der Waals surface area (Å²) in [6.07, 6.45) is 4.04. The van der Waals surface area contributed by atoms with Gasteiger partial charge in [0.15, 0.2) is 0 Å². The summed E-state index contributed by atoms with van der Waals surface area (Å²) >= 11 is 0. The van der Waals surface area contributed by atoms with E-state index in [0.29, 0.717) is 0 Å². The predicted molar refractivity (Wildman–Crippen MR) is 66.7 cm³/mol. The predicted octanol–water partition coefficient (Wildman–Crippen LogP) is 4.36. The van der Waals surface area contributed by atoms with E-state index in [1.165, 1.54) is 30.4 Å². The summed E-state index contributed by atoms with van der Waals surface area (Å²) in [5, 5.41) is 0. The second-order valence-corrected chi connectivity index (χ2v) is 5.19. The van der Waals surface area contributed by atoms with Crippen LogP contribution in [0.1, 0.15) is 59.1 Å². The van der Waals surface area contributed by atoms with E-state index in [2.05, 4.69) is 34.6 Å². The van der Waals surface area contributed by atoms with Gasteiger partial charge in [0.1, 0.15) is 0 Å². The van der Waals surface area contributed by atoms with Crippen LogP contribution >= 0.6 is 0 Å². The molecule has 0 amide bonds. The average Bonchev–Trinajstić information content (AvgIpc) is 2.23. The van der Waals surface area contributed by atoms with Gasteiger partial charge in [-0.15, -0.1) is 0 Å². The molecular weight excluding hydrogens is 180 g/mol. The third kappa shape index (κ3) is 1.51. The van der Waals surface area contributed by atoms with Gasteiger partial charge < -0.3 is 0 Å². The van der Waals surface area contributed by atoms with Crippen molar-refractivity contribution < 1.29 is 0 Å². The molecule has 15 heavy (non-hydrogen) atoms. The Morgan fingerprint density at radius 2 is 1.47 bits per heavy atom. The number of hydrogen-bond acceptors (Lipinski definition) is 0. The Morgan fingerprint density at radius 1 is 0.867 bits per heavy atom. The standard InChI is InChI=1S/C15H22/c1-9-7-6-8-14-12(4)10(2)11(3)13(5)15(9)14/h9H,6-8H2,1-5H3. The van der Waals surface area contributed by atoms with Crippen LogP contribution in [0, 0.1) is 27.7 Å². The van der Waals surface area contributed by atoms with Gasteiger partial charge in [-0.25, -0.2) is 0 Å². The summed E-state index contributed by atoms with van der Waals surface area (Å²) in [6, 6.07) is 0. The molecule has 0 nitrogen and oxygen atoms in total. The van der Waals surface area contributed by atoms with Gasteiger partial charge in [0.05, 0.1) is 0 Å². The summed E-state index contributed by atoms with van der Waals surface area (Å²) in [7, 11) is 0. The molecule has 0 saturated carbocycles. The van der Waals surface area contributed by atoms with Crippen molar-refractivity contribution in [3.8, 4) is 0 Å². The van der Waals surface area contributed by atoms with Crippen molar-refractivity contribution in [2.45, 2.75) is 59.8 Å². The normalized spacial score (nSPS) is 20.2. The van der Waals surface area contributed by atoms with Gasteiger partial charge in [0.2, 0.25) is 0 Å². The van der Waals surface area contributed by atoms with Crippen LogP contribution in [0.25, 0.3) is 0 Å². The molecule has 1 aromatic rings. The summed E-state index contributed by atoms with van der Waals surface area (Å²) in [6.45, 7) is 11.6. The molecule has 0 heterocycles. The van der Waals surface area contributed by atoms with Gasteiger partial charge in [-0.1, -0.05) is 6.92 Å². The number of benzene rings is 1. The van der Waals surface area contributed by atoms with E-state index in [9.17, 15) is 0 Å². The first-order valence-electron chi connectivity index (χ1n) is 6.13. The highest BCUT2D eigenvalue weighted by Gasteiger charge is 2.22. The minimum atomic E-state index is 0.770. The molecule has 0 radical (unpaired) electrons. The highest BCUT2D eigenvalue weighted by atomic mass is 14.3. The van der Waals surface area contributed by atoms with E-state index in [1.807, 2.05) is 0 Å². The summed E-state index contributed by atoms with van der Waals surface area (Å²) < 4.78 is 0. The van der Waals surface area contributed by atoms with Gasteiger partial charge in [-0.2, -0.15) is 0 Å². The Hall–Kier alpha value is -0.780. The summed E-state index contributed by atoms with van der Waals surface area (Å²) in [5.74, 6) is 0.770. The van der Waals surface area contributed by atoms with Crippen molar-refractivity contribution in [2.24, 2.45) is 0 Å². The van der Waals surface area contributed by atoms with Gasteiger partial charge in [0, 0.05) is 0 Å². The second-order valence-electron chi connectivity index (χ2n) is 5.19. The van der Waals surface area contributed by atoms with Gasteiger partial charge in [0.25, 0.3) is 0 Å². The Kier molecular flexibility index (Phi) is 2.62. The van der Waals surface area contributed by atoms with Crippen LogP contribution in [-0.4, -0.2) is 0 Å². The first-order valence-corrected chi connectivity index (χ1v) is 6.13. The Balaban J connectivity index is 2.74. The minimum absolute atomic E-state index is 0.770. The van der Waals surface area contributed by atoms with Gasteiger partial charge in [-0.3, -0.25) is 0 Å². The SMILES string of the molecule is Cc1c(C)c(C)c2c(c1C)CCCC2C. The largest absolute Gasteiger partial charge is 0.0584 e. The molecule has 1 unspecified atom stereocenters. The maximum atomic E-state index is 2.39. The minimum Gasteiger partial charge on any atom is -0.0584 e. The zero-order valence-corrected chi connectivity index (χ0v) is 10.7. The molecule has 0 fully saturated rings. The second kappa shape index (κ2) is 3.66. The zero-order valence-electron chi connectivity index (χ0n) is 10.7. The van der Waals surface area contributed by atoms with Crippen LogP contribution in [0.3, 0.4) is 0 Å². The fraction of sp³-hybridized carbons (Fsp3) is 0.600. The molecule has 0 saturated heterocycles. The van der Waals surface area contributed by atoms with Crippen LogP contribution in [0.2, 0.25) is 0 Å². The first-order chi connectivity index (χ1) is 7.04. The van der Waals surface area contributed by atoms with E-state index in [-0.39, 0.29) is 0 Å². The van der Waals surface area contributed by atoms with Crippen LogP contribution in [0.4, 0.5) is 0 Å². The van der Waals surface area contributed by atoms with Crippen molar-refractivity contribution in [2.75, 3.05) is 0 Å². The van der Waals surface area contributed by atoms with E-state index in [0.717, 1.165) is 5.92 Å². The highest BCUT2D eigenvalue weighted by Crippen LogP contribution is 2.38. The topological polar surface area (TPSA) is 0 Å². The Morgan fingerprint density at radius 3 is 2.13 bits per heavy atom. The quantitative estimate of drug-likeness (QED) is 0.586. The lowest BCUT2D eigenvalue weighted by molar-refractivity contribution is 0.583. The van der Waals surface area contributed by atoms with Crippen LogP contribution in [0.15, 0.2) is 0 Å². The molecule has 1 atom stereocenters. The maximum absolute atomic E-state index is 2.39. The molecule has 1 aromatic carbocycles. The van der Waals surface area contributed by atoms with Gasteiger partial charge in [-0.05, 0) is 86.3 Å². The summed E-state index contributed by atoms with van der Waals surface area (Å²) in [4.78, 5) is 0. The smallest absolute Gasteiger partial charge is 0.0185 e. The van der Waals surface area contributed by atoms with Crippen LogP contribution < -0.4 is 0 Å². The molecule has 0 spiro atoms. The third-order valence-corrected chi connectivity index (χ3v) is 4.43. The van der Waals surface area contributed by atoms with Crippen molar-refractivity contribution in [1.29, 1.82) is 0 Å². The maximum Gasteiger partial charge on any atom is -0.0185 e. The highest BCUT2D eigenvalue weighted by molar-refractivity contribution is 5.52. The number of rotatable bonds is 0. The van der Waals surface area contributed by atoms with Crippen molar-refractivity contribution in [3.05, 3.63) is 33.4 Å². The van der Waals surface area contributed by atoms with E-state index in [1.54, 1.807) is 22.3 Å². The molecule has 0 heteroatoms. The van der Waals surface area contributed by atoms with E-state index in [4.69, 9.17) is 0 Å². The molecule has 0 aromatic heterocycles. The molecular formula is C15H22. The van der Waals surface area contributed by atoms with Crippen molar-refractivity contribution in [3.63, 3.8) is 0 Å². The molecule has 82 valence electrons. The fourth-order valence-electron chi connectivity index (χ4n) is 3.14. The third-order valence-electron chi connectivity index (χ3n) is 4.43. The molecule has 0 bridgehead atoms. The Labute approximate surface area is 93.7 Å². The molecule has 1 aliphatic carbocycles. The number of fused-ring (bicyclic) bond motifs is 1. The van der Waals surface area contributed by atoms with E-state index >= 15 is 0 Å². The number of hydrogen-bond donors (Lipinski definition) is 0. The molecule has 0 N–H and O–H groups in total. The average molecular weight is 202 g/mol. The molecule has 0 aliphatic heterocycles. The lowest BCUT2D eigenvalue weighted by Crippen LogP contribution is -2.13. The molecule has 2 rings (SSSR count). The Bertz CT molecular complexity index is 399. The fourth-order valence-corrected chi connectivity index (χ4v) is 3.14. The van der Waals surface area contributed by atoms with Crippen LogP contribution in [0.5, 0.6) is 0 Å². The monoisotopic (exact) mass is 202 g/mol. The lowest BCUT2D eigenvalue weighted by atomic mass is 9.76. The van der Waals surface area contributed by atoms with Crippen LogP contribution in [-0.2, 0) is 6.42 Å². The van der Waals surface area contributed by atoms with Crippen molar-refractivity contribution in [1.82, 2.24) is 0 Å². The van der Waals surface area contributed by atoms with E-state index < -0.39 is 0 Å². The lowest BCUT2D eigenvalue weighted by Gasteiger charge is -2.29.